The average Bonchev–Trinajstić information content (AvgIpc) is 3.34. The molecular formula is C19H18FN5O3S. The number of fused-ring (bicyclic) bond motifs is 1. The molecule has 10 heteroatoms. The van der Waals surface area contributed by atoms with Gasteiger partial charge >= 0.3 is 5.97 Å². The van der Waals surface area contributed by atoms with Crippen LogP contribution in [0.1, 0.15) is 52.0 Å². The van der Waals surface area contributed by atoms with Crippen LogP contribution in [0.3, 0.4) is 0 Å². The van der Waals surface area contributed by atoms with Gasteiger partial charge in [-0.2, -0.15) is 5.10 Å². The van der Waals surface area contributed by atoms with Gasteiger partial charge in [-0.15, -0.1) is 5.10 Å². The zero-order valence-corrected chi connectivity index (χ0v) is 16.5. The van der Waals surface area contributed by atoms with Crippen molar-refractivity contribution in [3.63, 3.8) is 0 Å². The second kappa shape index (κ2) is 8.08. The highest BCUT2D eigenvalue weighted by Gasteiger charge is 2.27. The van der Waals surface area contributed by atoms with Crippen LogP contribution < -0.4 is 5.32 Å². The van der Waals surface area contributed by atoms with Crippen molar-refractivity contribution in [2.24, 2.45) is 0 Å². The van der Waals surface area contributed by atoms with Crippen LogP contribution in [-0.2, 0) is 17.6 Å². The first-order chi connectivity index (χ1) is 14.1. The maximum atomic E-state index is 13.3. The van der Waals surface area contributed by atoms with Gasteiger partial charge in [0.05, 0.1) is 12.3 Å². The summed E-state index contributed by atoms with van der Waals surface area (Å²) in [6.07, 6.45) is 3.46. The van der Waals surface area contributed by atoms with E-state index in [-0.39, 0.29) is 28.8 Å². The van der Waals surface area contributed by atoms with Crippen molar-refractivity contribution in [2.45, 2.75) is 32.6 Å². The number of hydrogen-bond donors (Lipinski definition) is 1. The molecule has 29 heavy (non-hydrogen) atoms. The lowest BCUT2D eigenvalue weighted by atomic mass is 9.95. The number of carbonyl (C=O) groups is 2. The molecule has 0 saturated heterocycles. The lowest BCUT2D eigenvalue weighted by Gasteiger charge is -2.14. The summed E-state index contributed by atoms with van der Waals surface area (Å²) in [6.45, 7) is 1.88. The topological polar surface area (TPSA) is 99.0 Å². The third-order valence-corrected chi connectivity index (χ3v) is 5.29. The molecule has 0 aliphatic heterocycles. The lowest BCUT2D eigenvalue weighted by Crippen LogP contribution is -2.17. The van der Waals surface area contributed by atoms with E-state index in [1.54, 1.807) is 23.7 Å². The van der Waals surface area contributed by atoms with Gasteiger partial charge in [0.1, 0.15) is 5.82 Å². The molecule has 0 bridgehead atoms. The molecule has 150 valence electrons. The van der Waals surface area contributed by atoms with Crippen LogP contribution >= 0.6 is 11.5 Å². The first-order valence-corrected chi connectivity index (χ1v) is 10.0. The summed E-state index contributed by atoms with van der Waals surface area (Å²) in [5, 5.41) is 11.2. The van der Waals surface area contributed by atoms with E-state index in [0.717, 1.165) is 48.5 Å². The monoisotopic (exact) mass is 415 g/mol. The summed E-state index contributed by atoms with van der Waals surface area (Å²) in [5.41, 5.74) is 2.76. The molecule has 1 N–H and O–H groups in total. The van der Waals surface area contributed by atoms with Crippen LogP contribution in [0, 0.1) is 5.82 Å². The number of amides is 1. The van der Waals surface area contributed by atoms with Crippen LogP contribution in [0.25, 0.3) is 5.69 Å². The molecule has 1 aliphatic carbocycles. The second-order valence-corrected chi connectivity index (χ2v) is 7.25. The molecule has 0 saturated carbocycles. The Morgan fingerprint density at radius 1 is 1.21 bits per heavy atom. The predicted octanol–water partition coefficient (Wildman–Crippen LogP) is 3.17. The molecule has 0 fully saturated rings. The molecule has 0 radical (unpaired) electrons. The standard InChI is InChI=1S/C19H18FN5O3S/c1-2-28-19(27)16-18(29-24-22-16)21-17(26)15-13-5-3-4-6-14(13)25(23-15)12-9-7-11(20)8-10-12/h7-10H,2-6H2,1H3,(H,21,26). The summed E-state index contributed by atoms with van der Waals surface area (Å²) >= 11 is 0.899. The Morgan fingerprint density at radius 3 is 2.72 bits per heavy atom. The molecule has 2 aromatic heterocycles. The van der Waals surface area contributed by atoms with Gasteiger partial charge < -0.3 is 10.1 Å². The minimum atomic E-state index is -0.643. The van der Waals surface area contributed by atoms with E-state index >= 15 is 0 Å². The Labute approximate surface area is 169 Å². The van der Waals surface area contributed by atoms with E-state index in [0.29, 0.717) is 5.69 Å². The fraction of sp³-hybridized carbons (Fsp3) is 0.316. The van der Waals surface area contributed by atoms with Crippen LogP contribution in [0.4, 0.5) is 9.39 Å². The summed E-state index contributed by atoms with van der Waals surface area (Å²) in [7, 11) is 0. The second-order valence-electron chi connectivity index (χ2n) is 6.49. The molecule has 1 aliphatic rings. The van der Waals surface area contributed by atoms with Crippen molar-refractivity contribution in [1.29, 1.82) is 0 Å². The molecule has 8 nitrogen and oxygen atoms in total. The highest BCUT2D eigenvalue weighted by atomic mass is 32.1. The van der Waals surface area contributed by atoms with Gasteiger partial charge in [0.15, 0.2) is 10.7 Å². The van der Waals surface area contributed by atoms with Gasteiger partial charge in [0.2, 0.25) is 5.69 Å². The van der Waals surface area contributed by atoms with E-state index in [9.17, 15) is 14.0 Å². The minimum absolute atomic E-state index is 0.0305. The van der Waals surface area contributed by atoms with Gasteiger partial charge in [-0.1, -0.05) is 4.49 Å². The fourth-order valence-electron chi connectivity index (χ4n) is 3.35. The summed E-state index contributed by atoms with van der Waals surface area (Å²) in [6, 6.07) is 5.98. The molecule has 4 rings (SSSR count). The number of ether oxygens (including phenoxy) is 1. The van der Waals surface area contributed by atoms with Gasteiger partial charge in [-0.25, -0.2) is 13.9 Å². The average molecular weight is 415 g/mol. The van der Waals surface area contributed by atoms with Gasteiger partial charge in [-0.3, -0.25) is 4.79 Å². The van der Waals surface area contributed by atoms with Crippen molar-refractivity contribution in [2.75, 3.05) is 11.9 Å². The van der Waals surface area contributed by atoms with Crippen LogP contribution in [-0.4, -0.2) is 37.9 Å². The van der Waals surface area contributed by atoms with E-state index in [1.807, 2.05) is 0 Å². The van der Waals surface area contributed by atoms with Crippen molar-refractivity contribution in [1.82, 2.24) is 19.4 Å². The minimum Gasteiger partial charge on any atom is -0.461 e. The number of carbonyl (C=O) groups excluding carboxylic acids is 2. The third-order valence-electron chi connectivity index (χ3n) is 4.65. The molecule has 0 unspecified atom stereocenters. The largest absolute Gasteiger partial charge is 0.461 e. The number of nitrogens with one attached hydrogen (secondary N) is 1. The summed E-state index contributed by atoms with van der Waals surface area (Å²) in [5.74, 6) is -1.42. The van der Waals surface area contributed by atoms with Crippen LogP contribution in [0.2, 0.25) is 0 Å². The summed E-state index contributed by atoms with van der Waals surface area (Å²) in [4.78, 5) is 24.9. The number of nitrogens with zero attached hydrogens (tertiary/aromatic N) is 4. The predicted molar refractivity (Wildman–Crippen MR) is 104 cm³/mol. The molecule has 1 amide bonds. The zero-order valence-electron chi connectivity index (χ0n) is 15.6. The Kier molecular flexibility index (Phi) is 5.34. The molecule has 2 heterocycles. The zero-order chi connectivity index (χ0) is 20.4. The van der Waals surface area contributed by atoms with Gasteiger partial charge in [0.25, 0.3) is 5.91 Å². The summed E-state index contributed by atoms with van der Waals surface area (Å²) < 4.78 is 23.7. The van der Waals surface area contributed by atoms with Crippen molar-refractivity contribution >= 4 is 28.4 Å². The molecule has 3 aromatic rings. The highest BCUT2D eigenvalue weighted by Crippen LogP contribution is 2.28. The van der Waals surface area contributed by atoms with E-state index in [1.165, 1.54) is 12.1 Å². The van der Waals surface area contributed by atoms with E-state index in [2.05, 4.69) is 20.0 Å². The SMILES string of the molecule is CCOC(=O)c1nnsc1NC(=O)c1nn(-c2ccc(F)cc2)c2c1CCCC2. The number of halogens is 1. The van der Waals surface area contributed by atoms with Crippen LogP contribution in [0.5, 0.6) is 0 Å². The maximum absolute atomic E-state index is 13.3. The highest BCUT2D eigenvalue weighted by molar-refractivity contribution is 7.10. The van der Waals surface area contributed by atoms with Crippen molar-refractivity contribution in [3.05, 3.63) is 52.7 Å². The first kappa shape index (κ1) is 19.2. The fourth-order valence-corrected chi connectivity index (χ4v) is 3.90. The quantitative estimate of drug-likeness (QED) is 0.643. The van der Waals surface area contributed by atoms with Crippen molar-refractivity contribution < 1.29 is 18.7 Å². The molecular weight excluding hydrogens is 397 g/mol. The molecule has 0 spiro atoms. The Morgan fingerprint density at radius 2 is 1.97 bits per heavy atom. The Hall–Kier alpha value is -3.14. The van der Waals surface area contributed by atoms with Crippen LogP contribution in [0.15, 0.2) is 24.3 Å². The number of anilines is 1. The smallest absolute Gasteiger partial charge is 0.362 e. The van der Waals surface area contributed by atoms with Gasteiger partial charge in [-0.05, 0) is 56.9 Å². The number of hydrogen-bond acceptors (Lipinski definition) is 7. The van der Waals surface area contributed by atoms with E-state index < -0.39 is 11.9 Å². The van der Waals surface area contributed by atoms with Crippen molar-refractivity contribution in [3.8, 4) is 5.69 Å². The first-order valence-electron chi connectivity index (χ1n) is 9.26. The number of esters is 1. The number of rotatable bonds is 5. The third kappa shape index (κ3) is 3.75. The molecule has 1 aromatic carbocycles. The maximum Gasteiger partial charge on any atom is 0.362 e. The lowest BCUT2D eigenvalue weighted by molar-refractivity contribution is 0.0520. The molecule has 0 atom stereocenters. The Bertz CT molecular complexity index is 1060. The normalized spacial score (nSPS) is 13.0. The van der Waals surface area contributed by atoms with E-state index in [4.69, 9.17) is 4.74 Å². The number of aromatic nitrogens is 4. The van der Waals surface area contributed by atoms with Gasteiger partial charge in [0, 0.05) is 22.8 Å². The Balaban J connectivity index is 1.67. The number of benzene rings is 1.